The average molecular weight is 919 g/mol. The number of benzene rings is 6. The third-order valence-electron chi connectivity index (χ3n) is 13.6. The molecule has 69 heavy (non-hydrogen) atoms. The van der Waals surface area contributed by atoms with Crippen LogP contribution in [0, 0.1) is 6.85 Å². The SMILES string of the molecule is [2H]C([2H])([2H])c1cc(-c2cc(C([2H])(C)C)cc(C([2H])(C)C)c2)ccc1-n1c(-c2cc(C(C)(C)C)cc(C(C)(C)C)c2O)nc2c(-c3cc(-c4cc(-c5ccc(C(C)(C)C)cc5)ccn4)cc(C(C)(C)C)c3)cccc21. The minimum atomic E-state index is -2.60. The largest absolute Gasteiger partial charge is 0.507 e. The second-order valence-corrected chi connectivity index (χ2v) is 23.7. The Morgan fingerprint density at radius 2 is 1.12 bits per heavy atom. The van der Waals surface area contributed by atoms with Crippen molar-refractivity contribution in [3.63, 3.8) is 0 Å². The highest BCUT2D eigenvalue weighted by Gasteiger charge is 2.29. The Labute approximate surface area is 421 Å². The van der Waals surface area contributed by atoms with Gasteiger partial charge in [0, 0.05) is 29.7 Å². The molecule has 0 bridgehead atoms. The van der Waals surface area contributed by atoms with E-state index in [4.69, 9.17) is 16.8 Å². The van der Waals surface area contributed by atoms with Gasteiger partial charge in [0.15, 0.2) is 0 Å². The second kappa shape index (κ2) is 17.9. The lowest BCUT2D eigenvalue weighted by atomic mass is 9.79. The van der Waals surface area contributed by atoms with Crippen molar-refractivity contribution in [2.24, 2.45) is 0 Å². The molecule has 4 nitrogen and oxygen atoms in total. The summed E-state index contributed by atoms with van der Waals surface area (Å²) in [6, 6.07) is 41.0. The van der Waals surface area contributed by atoms with Crippen molar-refractivity contribution in [1.82, 2.24) is 14.5 Å². The lowest BCUT2D eigenvalue weighted by Gasteiger charge is -2.27. The molecule has 356 valence electrons. The number of imidazole rings is 1. The molecule has 0 saturated heterocycles. The van der Waals surface area contributed by atoms with Crippen LogP contribution in [0.15, 0.2) is 128 Å². The average Bonchev–Trinajstić information content (AvgIpc) is 3.68. The number of aromatic nitrogens is 3. The molecule has 0 atom stereocenters. The van der Waals surface area contributed by atoms with Crippen LogP contribution in [-0.2, 0) is 21.7 Å². The van der Waals surface area contributed by atoms with Gasteiger partial charge in [0.25, 0.3) is 0 Å². The van der Waals surface area contributed by atoms with Crippen molar-refractivity contribution in [3.8, 4) is 67.5 Å². The molecule has 0 saturated carbocycles. The van der Waals surface area contributed by atoms with Crippen LogP contribution in [0.4, 0.5) is 0 Å². The van der Waals surface area contributed by atoms with E-state index in [0.29, 0.717) is 33.7 Å². The second-order valence-electron chi connectivity index (χ2n) is 23.7. The maximum Gasteiger partial charge on any atom is 0.149 e. The molecule has 0 aliphatic carbocycles. The highest BCUT2D eigenvalue weighted by atomic mass is 16.3. The Morgan fingerprint density at radius 1 is 0.522 bits per heavy atom. The van der Waals surface area contributed by atoms with Crippen molar-refractivity contribution < 1.29 is 12.0 Å². The lowest BCUT2D eigenvalue weighted by molar-refractivity contribution is 0.446. The maximum absolute atomic E-state index is 12.6. The molecule has 8 rings (SSSR count). The zero-order chi connectivity index (χ0) is 54.5. The molecule has 0 fully saturated rings. The first-order valence-electron chi connectivity index (χ1n) is 26.9. The standard InChI is InChI=1S/C65H75N3O/c1-39(2)45-30-46(40(3)4)32-47(31-45)43-23-26-57(41(5)29-43)68-58-20-18-19-53(59(58)67-61(68)54-37-52(64(12,13)14)38-55(60(54)69)65(15,16)17)48-33-49(35-51(34-48)63(9,10)11)56-36-44(27-28-66-56)42-21-24-50(25-22-42)62(6,7)8/h18-40,69H,1-17H3/i5D3,39D,40D. The lowest BCUT2D eigenvalue weighted by Crippen LogP contribution is -2.17. The third-order valence-corrected chi connectivity index (χ3v) is 13.6. The van der Waals surface area contributed by atoms with Gasteiger partial charge in [-0.3, -0.25) is 9.55 Å². The van der Waals surface area contributed by atoms with Gasteiger partial charge < -0.3 is 5.11 Å². The normalized spacial score (nSPS) is 14.3. The molecule has 4 heteroatoms. The van der Waals surface area contributed by atoms with Gasteiger partial charge in [-0.25, -0.2) is 4.98 Å². The Bertz CT molecular complexity index is 3400. The summed E-state index contributed by atoms with van der Waals surface area (Å²) < 4.78 is 47.4. The summed E-state index contributed by atoms with van der Waals surface area (Å²) in [6.45, 7) is 30.7. The number of aryl methyl sites for hydroxylation is 1. The number of hydrogen-bond acceptors (Lipinski definition) is 3. The fraction of sp³-hybridized carbons (Fsp3) is 0.354. The van der Waals surface area contributed by atoms with Gasteiger partial charge in [-0.2, -0.15) is 0 Å². The minimum Gasteiger partial charge on any atom is -0.507 e. The van der Waals surface area contributed by atoms with E-state index in [9.17, 15) is 5.11 Å². The molecule has 0 spiro atoms. The van der Waals surface area contributed by atoms with Gasteiger partial charge in [-0.1, -0.05) is 184 Å². The van der Waals surface area contributed by atoms with Gasteiger partial charge >= 0.3 is 0 Å². The van der Waals surface area contributed by atoms with E-state index < -0.39 is 24.1 Å². The fourth-order valence-corrected chi connectivity index (χ4v) is 9.14. The van der Waals surface area contributed by atoms with Crippen LogP contribution in [0.5, 0.6) is 5.75 Å². The van der Waals surface area contributed by atoms with E-state index in [1.54, 1.807) is 6.07 Å². The van der Waals surface area contributed by atoms with Crippen LogP contribution in [-0.4, -0.2) is 19.6 Å². The van der Waals surface area contributed by atoms with Crippen molar-refractivity contribution in [2.45, 2.75) is 151 Å². The summed E-state index contributed by atoms with van der Waals surface area (Å²) in [7, 11) is 0. The Hall–Kier alpha value is -6.26. The van der Waals surface area contributed by atoms with E-state index >= 15 is 0 Å². The van der Waals surface area contributed by atoms with Gasteiger partial charge in [0.05, 0.1) is 28.0 Å². The zero-order valence-corrected chi connectivity index (χ0v) is 43.9. The molecule has 2 aromatic heterocycles. The van der Waals surface area contributed by atoms with Crippen LogP contribution in [0.2, 0.25) is 0 Å². The molecule has 0 radical (unpaired) electrons. The van der Waals surface area contributed by atoms with Crippen LogP contribution in [0.1, 0.15) is 168 Å². The van der Waals surface area contributed by atoms with Crippen LogP contribution in [0.25, 0.3) is 72.7 Å². The van der Waals surface area contributed by atoms with Crippen molar-refractivity contribution >= 4 is 11.0 Å². The number of nitrogens with zero attached hydrogens (tertiary/aromatic N) is 3. The van der Waals surface area contributed by atoms with Gasteiger partial charge in [-0.15, -0.1) is 0 Å². The van der Waals surface area contributed by atoms with E-state index in [-0.39, 0.29) is 27.6 Å². The number of phenols is 1. The van der Waals surface area contributed by atoms with E-state index in [2.05, 4.69) is 150 Å². The number of pyridine rings is 1. The summed E-state index contributed by atoms with van der Waals surface area (Å²) in [4.78, 5) is 10.5. The molecule has 2 heterocycles. The van der Waals surface area contributed by atoms with E-state index in [1.807, 2.05) is 87.0 Å². The van der Waals surface area contributed by atoms with Gasteiger partial charge in [-0.05, 0) is 150 Å². The van der Waals surface area contributed by atoms with Crippen LogP contribution >= 0.6 is 0 Å². The molecule has 1 N–H and O–H groups in total. The fourth-order valence-electron chi connectivity index (χ4n) is 9.14. The number of phenolic OH excluding ortho intramolecular Hbond substituents is 1. The Morgan fingerprint density at radius 3 is 1.71 bits per heavy atom. The molecule has 6 aromatic carbocycles. The summed E-state index contributed by atoms with van der Waals surface area (Å²) in [5.41, 5.74) is 14.1. The molecular formula is C65H75N3O. The quantitative estimate of drug-likeness (QED) is 0.165. The first-order valence-corrected chi connectivity index (χ1v) is 24.4. The summed E-state index contributed by atoms with van der Waals surface area (Å²) in [5, 5.41) is 12.6. The first-order chi connectivity index (χ1) is 34.0. The number of aromatic hydroxyl groups is 1. The molecule has 0 amide bonds. The van der Waals surface area contributed by atoms with Gasteiger partial charge in [0.1, 0.15) is 11.6 Å². The van der Waals surface area contributed by atoms with E-state index in [1.165, 1.54) is 5.56 Å². The smallest absolute Gasteiger partial charge is 0.149 e. The predicted octanol–water partition coefficient (Wildman–Crippen LogP) is 18.2. The van der Waals surface area contributed by atoms with Crippen LogP contribution in [0.3, 0.4) is 0 Å². The Balaban J connectivity index is 1.43. The topological polar surface area (TPSA) is 50.9 Å². The van der Waals surface area contributed by atoms with E-state index in [0.717, 1.165) is 66.9 Å². The monoisotopic (exact) mass is 919 g/mol. The summed E-state index contributed by atoms with van der Waals surface area (Å²) in [5.74, 6) is -1.43. The third kappa shape index (κ3) is 9.96. The van der Waals surface area contributed by atoms with Crippen molar-refractivity contribution in [2.75, 3.05) is 0 Å². The molecule has 0 aliphatic heterocycles. The molecule has 0 unspecified atom stereocenters. The maximum atomic E-state index is 12.6. The van der Waals surface area contributed by atoms with Crippen LogP contribution < -0.4 is 0 Å². The first kappa shape index (κ1) is 42.8. The molecule has 0 aliphatic rings. The van der Waals surface area contributed by atoms with Crippen molar-refractivity contribution in [3.05, 3.63) is 166 Å². The number of hydrogen-bond donors (Lipinski definition) is 1. The summed E-state index contributed by atoms with van der Waals surface area (Å²) in [6.07, 6.45) is 1.88. The molecular weight excluding hydrogens is 839 g/mol. The highest BCUT2D eigenvalue weighted by molar-refractivity contribution is 5.97. The highest BCUT2D eigenvalue weighted by Crippen LogP contribution is 2.46. The summed E-state index contributed by atoms with van der Waals surface area (Å²) >= 11 is 0. The van der Waals surface area contributed by atoms with Crippen molar-refractivity contribution in [1.29, 1.82) is 0 Å². The minimum absolute atomic E-state index is 0.0408. The number of rotatable bonds is 8. The molecule has 8 aromatic rings. The van der Waals surface area contributed by atoms with Gasteiger partial charge in [0.2, 0.25) is 0 Å². The zero-order valence-electron chi connectivity index (χ0n) is 48.9. The Kier molecular flexibility index (Phi) is 11.1. The predicted molar refractivity (Wildman–Crippen MR) is 295 cm³/mol. The number of para-hydroxylation sites is 1. The number of fused-ring (bicyclic) bond motifs is 1.